The second-order valence-corrected chi connectivity index (χ2v) is 6.50. The van der Waals surface area contributed by atoms with Gasteiger partial charge in [0.05, 0.1) is 11.6 Å². The summed E-state index contributed by atoms with van der Waals surface area (Å²) in [5.74, 6) is 0. The zero-order valence-electron chi connectivity index (χ0n) is 14.0. The molecule has 1 saturated heterocycles. The van der Waals surface area contributed by atoms with E-state index in [9.17, 15) is 0 Å². The number of aryl methyl sites for hydroxylation is 1. The first-order valence-electron chi connectivity index (χ1n) is 8.66. The monoisotopic (exact) mass is 289 g/mol. The first-order chi connectivity index (χ1) is 10.2. The number of benzene rings is 1. The van der Waals surface area contributed by atoms with Crippen molar-refractivity contribution in [2.45, 2.75) is 70.9 Å². The van der Waals surface area contributed by atoms with Gasteiger partial charge in [0, 0.05) is 6.61 Å². The average molecular weight is 289 g/mol. The Labute approximate surface area is 130 Å². The molecule has 118 valence electrons. The summed E-state index contributed by atoms with van der Waals surface area (Å²) in [6.07, 6.45) is 7.14. The van der Waals surface area contributed by atoms with Gasteiger partial charge in [-0.05, 0) is 56.7 Å². The van der Waals surface area contributed by atoms with Crippen LogP contribution in [0.1, 0.15) is 70.0 Å². The lowest BCUT2D eigenvalue weighted by Crippen LogP contribution is -2.46. The van der Waals surface area contributed by atoms with E-state index in [1.807, 2.05) is 0 Å². The van der Waals surface area contributed by atoms with Gasteiger partial charge in [0.25, 0.3) is 0 Å². The van der Waals surface area contributed by atoms with Crippen molar-refractivity contribution in [1.29, 1.82) is 0 Å². The Hall–Kier alpha value is -0.860. The summed E-state index contributed by atoms with van der Waals surface area (Å²) in [6.45, 7) is 8.67. The van der Waals surface area contributed by atoms with Gasteiger partial charge in [-0.1, -0.05) is 44.5 Å². The molecule has 2 nitrogen and oxygen atoms in total. The van der Waals surface area contributed by atoms with Crippen molar-refractivity contribution in [3.8, 4) is 0 Å². The van der Waals surface area contributed by atoms with Gasteiger partial charge in [-0.3, -0.25) is 0 Å². The summed E-state index contributed by atoms with van der Waals surface area (Å²) >= 11 is 0. The molecule has 2 heteroatoms. The number of ether oxygens (including phenoxy) is 1. The second kappa shape index (κ2) is 7.95. The summed E-state index contributed by atoms with van der Waals surface area (Å²) in [4.78, 5) is 0. The molecule has 1 aromatic carbocycles. The molecule has 0 bridgehead atoms. The van der Waals surface area contributed by atoms with Crippen molar-refractivity contribution in [2.75, 3.05) is 13.2 Å². The minimum Gasteiger partial charge on any atom is -0.373 e. The Morgan fingerprint density at radius 3 is 2.48 bits per heavy atom. The van der Waals surface area contributed by atoms with Crippen LogP contribution in [0.4, 0.5) is 0 Å². The highest BCUT2D eigenvalue weighted by atomic mass is 16.5. The van der Waals surface area contributed by atoms with Crippen LogP contribution in [0.25, 0.3) is 0 Å². The van der Waals surface area contributed by atoms with Crippen molar-refractivity contribution in [2.24, 2.45) is 0 Å². The third-order valence-electron chi connectivity index (χ3n) is 4.56. The molecule has 1 aromatic rings. The van der Waals surface area contributed by atoms with Gasteiger partial charge in [-0.25, -0.2) is 0 Å². The lowest BCUT2D eigenvalue weighted by atomic mass is 9.83. The maximum Gasteiger partial charge on any atom is 0.0848 e. The van der Waals surface area contributed by atoms with E-state index < -0.39 is 0 Å². The summed E-state index contributed by atoms with van der Waals surface area (Å²) in [6, 6.07) is 9.45. The lowest BCUT2D eigenvalue weighted by Gasteiger charge is -2.41. The zero-order chi connectivity index (χ0) is 15.1. The predicted octanol–water partition coefficient (Wildman–Crippen LogP) is 4.64. The smallest absolute Gasteiger partial charge is 0.0848 e. The van der Waals surface area contributed by atoms with E-state index in [1.54, 1.807) is 0 Å². The van der Waals surface area contributed by atoms with Crippen LogP contribution in [0.5, 0.6) is 0 Å². The van der Waals surface area contributed by atoms with Gasteiger partial charge in [-0.2, -0.15) is 0 Å². The number of nitrogens with one attached hydrogen (secondary N) is 1. The fourth-order valence-electron chi connectivity index (χ4n) is 3.32. The second-order valence-electron chi connectivity index (χ2n) is 6.50. The fourth-order valence-corrected chi connectivity index (χ4v) is 3.32. The molecule has 0 spiro atoms. The van der Waals surface area contributed by atoms with Gasteiger partial charge in [-0.15, -0.1) is 0 Å². The Balaban J connectivity index is 2.17. The van der Waals surface area contributed by atoms with Gasteiger partial charge < -0.3 is 10.1 Å². The normalized spacial score (nSPS) is 24.0. The first kappa shape index (κ1) is 16.5. The number of rotatable bonds is 7. The Kier molecular flexibility index (Phi) is 6.25. The summed E-state index contributed by atoms with van der Waals surface area (Å²) in [5.41, 5.74) is 2.73. The maximum atomic E-state index is 6.19. The largest absolute Gasteiger partial charge is 0.373 e. The van der Waals surface area contributed by atoms with Crippen LogP contribution < -0.4 is 5.32 Å². The van der Waals surface area contributed by atoms with Crippen LogP contribution in [-0.2, 0) is 11.2 Å². The standard InChI is InChI=1S/C19H31NO/c1-4-8-16-9-11-17(12-10-16)18(20-14-5-2)19(3)13-6-7-15-21-19/h9-12,18,20H,4-8,13-15H2,1-3H3. The molecular weight excluding hydrogens is 258 g/mol. The molecule has 2 unspecified atom stereocenters. The first-order valence-corrected chi connectivity index (χ1v) is 8.66. The highest BCUT2D eigenvalue weighted by Crippen LogP contribution is 2.36. The molecule has 2 rings (SSSR count). The van der Waals surface area contributed by atoms with Gasteiger partial charge >= 0.3 is 0 Å². The van der Waals surface area contributed by atoms with Crippen LogP contribution in [0.3, 0.4) is 0 Å². The molecule has 0 amide bonds. The van der Waals surface area contributed by atoms with E-state index >= 15 is 0 Å². The van der Waals surface area contributed by atoms with Crippen molar-refractivity contribution >= 4 is 0 Å². The molecule has 1 aliphatic heterocycles. The summed E-state index contributed by atoms with van der Waals surface area (Å²) in [7, 11) is 0. The molecule has 0 aliphatic carbocycles. The van der Waals surface area contributed by atoms with Crippen LogP contribution >= 0.6 is 0 Å². The quantitative estimate of drug-likeness (QED) is 0.789. The van der Waals surface area contributed by atoms with Crippen LogP contribution in [-0.4, -0.2) is 18.8 Å². The predicted molar refractivity (Wildman–Crippen MR) is 89.7 cm³/mol. The zero-order valence-corrected chi connectivity index (χ0v) is 14.0. The molecular formula is C19H31NO. The fraction of sp³-hybridized carbons (Fsp3) is 0.684. The minimum absolute atomic E-state index is 0.0697. The highest BCUT2D eigenvalue weighted by Gasteiger charge is 2.37. The van der Waals surface area contributed by atoms with Crippen LogP contribution in [0.2, 0.25) is 0 Å². The molecule has 1 N–H and O–H groups in total. The maximum absolute atomic E-state index is 6.19. The molecule has 1 heterocycles. The van der Waals surface area contributed by atoms with E-state index in [1.165, 1.54) is 36.8 Å². The van der Waals surface area contributed by atoms with Gasteiger partial charge in [0.15, 0.2) is 0 Å². The van der Waals surface area contributed by atoms with Gasteiger partial charge in [0.2, 0.25) is 0 Å². The number of hydrogen-bond acceptors (Lipinski definition) is 2. The SMILES string of the molecule is CCCNC(c1ccc(CCC)cc1)C1(C)CCCCO1. The molecule has 1 aliphatic rings. The lowest BCUT2D eigenvalue weighted by molar-refractivity contribution is -0.0897. The van der Waals surface area contributed by atoms with Crippen molar-refractivity contribution < 1.29 is 4.74 Å². The molecule has 1 fully saturated rings. The summed E-state index contributed by atoms with van der Waals surface area (Å²) < 4.78 is 6.19. The Morgan fingerprint density at radius 2 is 1.90 bits per heavy atom. The third kappa shape index (κ3) is 4.31. The Morgan fingerprint density at radius 1 is 1.14 bits per heavy atom. The van der Waals surface area contributed by atoms with Gasteiger partial charge in [0.1, 0.15) is 0 Å². The van der Waals surface area contributed by atoms with E-state index in [-0.39, 0.29) is 5.60 Å². The van der Waals surface area contributed by atoms with Crippen molar-refractivity contribution in [3.05, 3.63) is 35.4 Å². The topological polar surface area (TPSA) is 21.3 Å². The van der Waals surface area contributed by atoms with E-state index in [2.05, 4.69) is 50.4 Å². The van der Waals surface area contributed by atoms with Crippen molar-refractivity contribution in [3.63, 3.8) is 0 Å². The Bertz CT molecular complexity index is 406. The molecule has 2 atom stereocenters. The molecule has 21 heavy (non-hydrogen) atoms. The molecule has 0 aromatic heterocycles. The molecule has 0 radical (unpaired) electrons. The highest BCUT2D eigenvalue weighted by molar-refractivity contribution is 5.27. The number of hydrogen-bond donors (Lipinski definition) is 1. The average Bonchev–Trinajstić information content (AvgIpc) is 2.50. The summed E-state index contributed by atoms with van der Waals surface area (Å²) in [5, 5.41) is 3.72. The minimum atomic E-state index is -0.0697. The van der Waals surface area contributed by atoms with E-state index in [0.717, 1.165) is 26.0 Å². The van der Waals surface area contributed by atoms with Crippen molar-refractivity contribution in [1.82, 2.24) is 5.32 Å². The van der Waals surface area contributed by atoms with E-state index in [4.69, 9.17) is 4.74 Å². The van der Waals surface area contributed by atoms with Crippen LogP contribution in [0, 0.1) is 0 Å². The molecule has 0 saturated carbocycles. The van der Waals surface area contributed by atoms with Crippen LogP contribution in [0.15, 0.2) is 24.3 Å². The third-order valence-corrected chi connectivity index (χ3v) is 4.56. The van der Waals surface area contributed by atoms with E-state index in [0.29, 0.717) is 6.04 Å².